The van der Waals surface area contributed by atoms with Crippen molar-refractivity contribution in [2.75, 3.05) is 11.5 Å². The predicted molar refractivity (Wildman–Crippen MR) is 74.8 cm³/mol. The van der Waals surface area contributed by atoms with Gasteiger partial charge >= 0.3 is 5.97 Å². The van der Waals surface area contributed by atoms with Crippen LogP contribution < -0.4 is 11.5 Å². The molecule has 20 heavy (non-hydrogen) atoms. The van der Waals surface area contributed by atoms with Crippen molar-refractivity contribution < 1.29 is 20.1 Å². The number of nitrogen functional groups attached to an aromatic ring is 2. The van der Waals surface area contributed by atoms with Gasteiger partial charge in [-0.25, -0.2) is 4.79 Å². The highest BCUT2D eigenvalue weighted by Crippen LogP contribution is 2.33. The number of aliphatic hydroxyl groups is 2. The molecule has 6 heteroatoms. The van der Waals surface area contributed by atoms with Gasteiger partial charge in [-0.3, -0.25) is 0 Å². The van der Waals surface area contributed by atoms with Crippen LogP contribution in [0.25, 0.3) is 11.1 Å². The quantitative estimate of drug-likeness (QED) is 0.422. The Balaban J connectivity index is 2.61. The highest BCUT2D eigenvalue weighted by Gasteiger charge is 2.16. The van der Waals surface area contributed by atoms with E-state index in [0.29, 0.717) is 11.1 Å². The fourth-order valence-electron chi connectivity index (χ4n) is 2.05. The zero-order valence-electron chi connectivity index (χ0n) is 10.4. The number of hydrogen-bond donors (Lipinski definition) is 5. The monoisotopic (exact) mass is 274 g/mol. The number of carboxylic acid groups (broad SMARTS) is 1. The van der Waals surface area contributed by atoms with Crippen LogP contribution in [0.3, 0.4) is 0 Å². The van der Waals surface area contributed by atoms with Gasteiger partial charge in [0.2, 0.25) is 0 Å². The van der Waals surface area contributed by atoms with E-state index < -0.39 is 12.3 Å². The first kappa shape index (κ1) is 13.9. The van der Waals surface area contributed by atoms with Crippen molar-refractivity contribution in [3.8, 4) is 11.1 Å². The topological polar surface area (TPSA) is 130 Å². The molecule has 7 N–H and O–H groups in total. The molecule has 2 aromatic carbocycles. The summed E-state index contributed by atoms with van der Waals surface area (Å²) in [6.45, 7) is 0. The fourth-order valence-corrected chi connectivity index (χ4v) is 2.05. The molecule has 0 aliphatic carbocycles. The molecule has 0 radical (unpaired) electrons. The van der Waals surface area contributed by atoms with E-state index in [1.807, 2.05) is 0 Å². The molecular formula is C14H14N2O4. The average Bonchev–Trinajstić information content (AvgIpc) is 2.37. The Hall–Kier alpha value is -2.57. The molecule has 0 aromatic heterocycles. The van der Waals surface area contributed by atoms with E-state index in [9.17, 15) is 15.0 Å². The number of nitrogens with two attached hydrogens (primary N) is 2. The Bertz CT molecular complexity index is 668. The van der Waals surface area contributed by atoms with Crippen LogP contribution in [0, 0.1) is 0 Å². The average molecular weight is 274 g/mol. The molecule has 104 valence electrons. The van der Waals surface area contributed by atoms with Gasteiger partial charge in [0.25, 0.3) is 0 Å². The minimum absolute atomic E-state index is 0.0104. The Labute approximate surface area is 114 Å². The van der Waals surface area contributed by atoms with Crippen molar-refractivity contribution in [1.82, 2.24) is 0 Å². The molecule has 0 fully saturated rings. The van der Waals surface area contributed by atoms with Crippen LogP contribution in [0.4, 0.5) is 11.4 Å². The first-order valence-corrected chi connectivity index (χ1v) is 5.79. The number of carbonyl (C=O) groups is 1. The minimum Gasteiger partial charge on any atom is -0.478 e. The van der Waals surface area contributed by atoms with Crippen molar-refractivity contribution in [2.45, 2.75) is 6.29 Å². The number of rotatable bonds is 3. The van der Waals surface area contributed by atoms with Gasteiger partial charge < -0.3 is 26.8 Å². The highest BCUT2D eigenvalue weighted by atomic mass is 16.5. The maximum atomic E-state index is 10.9. The second-order valence-corrected chi connectivity index (χ2v) is 4.29. The molecule has 0 saturated carbocycles. The Morgan fingerprint density at radius 1 is 1.05 bits per heavy atom. The van der Waals surface area contributed by atoms with Gasteiger partial charge in [-0.2, -0.15) is 0 Å². The Kier molecular flexibility index (Phi) is 3.60. The van der Waals surface area contributed by atoms with Crippen molar-refractivity contribution in [1.29, 1.82) is 0 Å². The minimum atomic E-state index is -1.73. The zero-order valence-corrected chi connectivity index (χ0v) is 10.4. The first-order chi connectivity index (χ1) is 9.41. The van der Waals surface area contributed by atoms with E-state index in [1.54, 1.807) is 24.3 Å². The summed E-state index contributed by atoms with van der Waals surface area (Å²) in [6.07, 6.45) is -1.73. The van der Waals surface area contributed by atoms with E-state index >= 15 is 0 Å². The van der Waals surface area contributed by atoms with Gasteiger partial charge in [0.05, 0.1) is 5.56 Å². The maximum Gasteiger partial charge on any atom is 0.337 e. The lowest BCUT2D eigenvalue weighted by Gasteiger charge is -2.15. The van der Waals surface area contributed by atoms with Crippen LogP contribution in [0.2, 0.25) is 0 Å². The smallest absolute Gasteiger partial charge is 0.337 e. The maximum absolute atomic E-state index is 10.9. The summed E-state index contributed by atoms with van der Waals surface area (Å²) in [6, 6.07) is 9.24. The second kappa shape index (κ2) is 5.20. The molecule has 0 atom stereocenters. The molecule has 0 spiro atoms. The van der Waals surface area contributed by atoms with Crippen LogP contribution in [-0.2, 0) is 0 Å². The van der Waals surface area contributed by atoms with Gasteiger partial charge in [-0.15, -0.1) is 0 Å². The highest BCUT2D eigenvalue weighted by molar-refractivity contribution is 5.95. The zero-order chi connectivity index (χ0) is 14.9. The third-order valence-electron chi connectivity index (χ3n) is 2.99. The van der Waals surface area contributed by atoms with E-state index in [1.165, 1.54) is 12.1 Å². The van der Waals surface area contributed by atoms with Crippen molar-refractivity contribution in [2.24, 2.45) is 0 Å². The summed E-state index contributed by atoms with van der Waals surface area (Å²) in [5.41, 5.74) is 12.9. The molecule has 0 aliphatic heterocycles. The van der Waals surface area contributed by atoms with Gasteiger partial charge in [-0.05, 0) is 29.3 Å². The molecule has 0 unspecified atom stereocenters. The lowest BCUT2D eigenvalue weighted by molar-refractivity contribution is -0.0414. The number of aromatic carboxylic acids is 1. The van der Waals surface area contributed by atoms with Crippen LogP contribution in [-0.4, -0.2) is 21.3 Å². The Morgan fingerprint density at radius 2 is 1.75 bits per heavy atom. The molecule has 0 aliphatic rings. The van der Waals surface area contributed by atoms with E-state index in [2.05, 4.69) is 0 Å². The molecule has 0 bridgehead atoms. The van der Waals surface area contributed by atoms with Crippen molar-refractivity contribution >= 4 is 17.3 Å². The molecule has 2 rings (SSSR count). The molecule has 0 amide bonds. The third kappa shape index (κ3) is 2.42. The summed E-state index contributed by atoms with van der Waals surface area (Å²) >= 11 is 0. The van der Waals surface area contributed by atoms with E-state index in [0.717, 1.165) is 0 Å². The molecular weight excluding hydrogens is 260 g/mol. The molecule has 2 aromatic rings. The van der Waals surface area contributed by atoms with Crippen molar-refractivity contribution in [3.05, 3.63) is 47.5 Å². The largest absolute Gasteiger partial charge is 0.478 e. The lowest BCUT2D eigenvalue weighted by Crippen LogP contribution is -2.05. The summed E-state index contributed by atoms with van der Waals surface area (Å²) in [5, 5.41) is 27.8. The molecule has 0 saturated heterocycles. The second-order valence-electron chi connectivity index (χ2n) is 4.29. The Morgan fingerprint density at radius 3 is 2.30 bits per heavy atom. The number of anilines is 2. The normalized spacial score (nSPS) is 10.8. The number of benzene rings is 2. The summed E-state index contributed by atoms with van der Waals surface area (Å²) < 4.78 is 0. The van der Waals surface area contributed by atoms with Crippen LogP contribution >= 0.6 is 0 Å². The number of hydrogen-bond acceptors (Lipinski definition) is 5. The number of carboxylic acids is 1. The van der Waals surface area contributed by atoms with E-state index in [4.69, 9.17) is 16.6 Å². The summed E-state index contributed by atoms with van der Waals surface area (Å²) in [5.74, 6) is -1.12. The first-order valence-electron chi connectivity index (χ1n) is 5.79. The van der Waals surface area contributed by atoms with Crippen LogP contribution in [0.5, 0.6) is 0 Å². The predicted octanol–water partition coefficient (Wildman–Crippen LogP) is 1.20. The molecule has 0 heterocycles. The number of aliphatic hydroxyl groups excluding tert-OH is 1. The summed E-state index contributed by atoms with van der Waals surface area (Å²) in [7, 11) is 0. The van der Waals surface area contributed by atoms with Gasteiger partial charge in [-0.1, -0.05) is 18.2 Å². The van der Waals surface area contributed by atoms with Gasteiger partial charge in [0.1, 0.15) is 0 Å². The van der Waals surface area contributed by atoms with Crippen molar-refractivity contribution in [3.63, 3.8) is 0 Å². The molecule has 6 nitrogen and oxygen atoms in total. The fraction of sp³-hybridized carbons (Fsp3) is 0.0714. The SMILES string of the molecule is Nc1cc(-c2cccc(N)c2C(O)O)ccc1C(=O)O. The standard InChI is InChI=1S/C14H14N2O4/c15-10-3-1-2-8(12(10)14(19)20)7-4-5-9(13(17)18)11(16)6-7/h1-6,14,19-20H,15-16H2,(H,17,18). The van der Waals surface area contributed by atoms with Gasteiger partial charge in [0, 0.05) is 16.9 Å². The van der Waals surface area contributed by atoms with Gasteiger partial charge in [0.15, 0.2) is 6.29 Å². The lowest BCUT2D eigenvalue weighted by atomic mass is 9.96. The van der Waals surface area contributed by atoms with E-state index in [-0.39, 0.29) is 22.5 Å². The van der Waals surface area contributed by atoms with Crippen LogP contribution in [0.1, 0.15) is 22.2 Å². The summed E-state index contributed by atoms with van der Waals surface area (Å²) in [4.78, 5) is 10.9. The third-order valence-corrected chi connectivity index (χ3v) is 2.99. The van der Waals surface area contributed by atoms with Crippen LogP contribution in [0.15, 0.2) is 36.4 Å².